The topological polar surface area (TPSA) is 98.7 Å². The fraction of sp³-hybridized carbons (Fsp3) is 0.241. The Labute approximate surface area is 221 Å². The fourth-order valence-electron chi connectivity index (χ4n) is 4.40. The maximum atomic E-state index is 13.2. The van der Waals surface area contributed by atoms with Crippen LogP contribution in [0.15, 0.2) is 67.0 Å². The van der Waals surface area contributed by atoms with Crippen molar-refractivity contribution in [2.75, 3.05) is 25.7 Å². The molecule has 0 fully saturated rings. The number of nitrogens with zero attached hydrogens (tertiary/aromatic N) is 4. The van der Waals surface area contributed by atoms with Crippen LogP contribution in [0.3, 0.4) is 0 Å². The molecule has 1 aliphatic heterocycles. The van der Waals surface area contributed by atoms with Gasteiger partial charge in [0.2, 0.25) is 11.8 Å². The lowest BCUT2D eigenvalue weighted by Gasteiger charge is -2.19. The van der Waals surface area contributed by atoms with E-state index in [1.54, 1.807) is 20.4 Å². The van der Waals surface area contributed by atoms with Gasteiger partial charge in [-0.1, -0.05) is 23.8 Å². The first-order chi connectivity index (χ1) is 18.6. The number of amides is 1. The molecule has 38 heavy (non-hydrogen) atoms. The van der Waals surface area contributed by atoms with Crippen molar-refractivity contribution in [1.82, 2.24) is 20.3 Å². The van der Waals surface area contributed by atoms with Crippen LogP contribution in [0.25, 0.3) is 0 Å². The first-order valence-electron chi connectivity index (χ1n) is 12.3. The average Bonchev–Trinajstić information content (AvgIpc) is 3.38. The molecule has 0 bridgehead atoms. The third-order valence-electron chi connectivity index (χ3n) is 6.37. The number of carbonyl (C=O) groups is 1. The lowest BCUT2D eigenvalue weighted by atomic mass is 10.1. The first-order valence-corrected chi connectivity index (χ1v) is 12.3. The van der Waals surface area contributed by atoms with E-state index in [4.69, 9.17) is 19.2 Å². The molecule has 5 rings (SSSR count). The Morgan fingerprint density at radius 1 is 1.05 bits per heavy atom. The largest absolute Gasteiger partial charge is 0.497 e. The number of hydrogen-bond donors (Lipinski definition) is 1. The number of ether oxygens (including phenoxy) is 3. The zero-order chi connectivity index (χ0) is 26.5. The van der Waals surface area contributed by atoms with Gasteiger partial charge < -0.3 is 24.4 Å². The molecule has 194 valence electrons. The smallest absolute Gasteiger partial charge is 0.258 e. The summed E-state index contributed by atoms with van der Waals surface area (Å²) in [6.45, 7) is 3.21. The van der Waals surface area contributed by atoms with Crippen LogP contribution in [0.2, 0.25) is 0 Å². The Morgan fingerprint density at radius 3 is 2.74 bits per heavy atom. The van der Waals surface area contributed by atoms with Gasteiger partial charge in [-0.25, -0.2) is 4.98 Å². The third-order valence-corrected chi connectivity index (χ3v) is 6.37. The highest BCUT2D eigenvalue weighted by molar-refractivity contribution is 5.96. The number of hydrogen-bond acceptors (Lipinski definition) is 8. The van der Waals surface area contributed by atoms with E-state index in [-0.39, 0.29) is 30.5 Å². The molecular weight excluding hydrogens is 482 g/mol. The lowest BCUT2D eigenvalue weighted by molar-refractivity contribution is 0.0944. The summed E-state index contributed by atoms with van der Waals surface area (Å²) in [6.07, 6.45) is 4.09. The minimum atomic E-state index is -0.354. The first kappa shape index (κ1) is 25.0. The number of benzene rings is 2. The minimum Gasteiger partial charge on any atom is -0.497 e. The van der Waals surface area contributed by atoms with Crippen LogP contribution < -0.4 is 24.4 Å². The summed E-state index contributed by atoms with van der Waals surface area (Å²) in [5.41, 5.74) is 5.25. The molecule has 9 heteroatoms. The number of anilines is 2. The van der Waals surface area contributed by atoms with Gasteiger partial charge in [0.1, 0.15) is 23.7 Å². The molecule has 0 aliphatic carbocycles. The predicted molar refractivity (Wildman–Crippen MR) is 143 cm³/mol. The second-order valence-electron chi connectivity index (χ2n) is 8.89. The van der Waals surface area contributed by atoms with E-state index >= 15 is 0 Å². The molecule has 1 aliphatic rings. The second kappa shape index (κ2) is 11.2. The van der Waals surface area contributed by atoms with Gasteiger partial charge in [0.25, 0.3) is 5.91 Å². The number of carbonyl (C=O) groups excluding carboxylic acids is 1. The van der Waals surface area contributed by atoms with E-state index in [2.05, 4.69) is 40.4 Å². The van der Waals surface area contributed by atoms with Crippen molar-refractivity contribution in [1.29, 1.82) is 0 Å². The summed E-state index contributed by atoms with van der Waals surface area (Å²) in [7, 11) is 3.19. The Morgan fingerprint density at radius 2 is 1.95 bits per heavy atom. The van der Waals surface area contributed by atoms with E-state index in [0.717, 1.165) is 29.9 Å². The van der Waals surface area contributed by atoms with Gasteiger partial charge in [-0.2, -0.15) is 4.98 Å². The highest BCUT2D eigenvalue weighted by Gasteiger charge is 2.25. The van der Waals surface area contributed by atoms with Crippen LogP contribution in [-0.2, 0) is 19.6 Å². The summed E-state index contributed by atoms with van der Waals surface area (Å²) in [5.74, 6) is 1.61. The van der Waals surface area contributed by atoms with Crippen LogP contribution >= 0.6 is 0 Å². The highest BCUT2D eigenvalue weighted by Crippen LogP contribution is 2.34. The molecule has 3 heterocycles. The molecule has 0 radical (unpaired) electrons. The molecule has 0 atom stereocenters. The Kier molecular flexibility index (Phi) is 7.35. The molecule has 2 aromatic carbocycles. The van der Waals surface area contributed by atoms with E-state index in [0.29, 0.717) is 17.4 Å². The number of nitrogens with one attached hydrogen (secondary N) is 1. The van der Waals surface area contributed by atoms with Crippen molar-refractivity contribution in [2.24, 2.45) is 0 Å². The number of fused-ring (bicyclic) bond motifs is 1. The van der Waals surface area contributed by atoms with Crippen molar-refractivity contribution in [3.8, 4) is 17.4 Å². The van der Waals surface area contributed by atoms with Crippen LogP contribution in [0.4, 0.5) is 11.6 Å². The number of pyridine rings is 1. The predicted octanol–water partition coefficient (Wildman–Crippen LogP) is 4.40. The molecule has 4 aromatic rings. The maximum absolute atomic E-state index is 13.2. The number of aromatic nitrogens is 3. The highest BCUT2D eigenvalue weighted by atomic mass is 16.5. The Balaban J connectivity index is 1.45. The van der Waals surface area contributed by atoms with Crippen LogP contribution in [-0.4, -0.2) is 41.6 Å². The van der Waals surface area contributed by atoms with Gasteiger partial charge in [0.05, 0.1) is 26.5 Å². The normalized spacial score (nSPS) is 12.1. The Hall–Kier alpha value is -4.66. The fourth-order valence-corrected chi connectivity index (χ4v) is 4.40. The average molecular weight is 512 g/mol. The van der Waals surface area contributed by atoms with E-state index in [1.807, 2.05) is 41.3 Å². The molecule has 9 nitrogen and oxygen atoms in total. The monoisotopic (exact) mass is 511 g/mol. The lowest BCUT2D eigenvalue weighted by Crippen LogP contribution is -2.25. The van der Waals surface area contributed by atoms with Gasteiger partial charge in [-0.05, 0) is 55.3 Å². The Bertz CT molecular complexity index is 1440. The van der Waals surface area contributed by atoms with E-state index in [9.17, 15) is 4.79 Å². The van der Waals surface area contributed by atoms with Crippen LogP contribution in [0.5, 0.6) is 17.4 Å². The van der Waals surface area contributed by atoms with Gasteiger partial charge in [0, 0.05) is 30.2 Å². The second-order valence-corrected chi connectivity index (χ2v) is 8.89. The molecule has 0 unspecified atom stereocenters. The summed E-state index contributed by atoms with van der Waals surface area (Å²) >= 11 is 0. The van der Waals surface area contributed by atoms with Gasteiger partial charge in [-0.15, -0.1) is 0 Å². The molecule has 2 aromatic heterocycles. The maximum Gasteiger partial charge on any atom is 0.258 e. The molecule has 1 amide bonds. The minimum absolute atomic E-state index is 0.118. The molecule has 0 spiro atoms. The van der Waals surface area contributed by atoms with Crippen molar-refractivity contribution in [3.63, 3.8) is 0 Å². The van der Waals surface area contributed by atoms with Crippen molar-refractivity contribution >= 4 is 17.5 Å². The molecule has 0 saturated carbocycles. The summed E-state index contributed by atoms with van der Waals surface area (Å²) in [5, 5.41) is 2.89. The quantitative estimate of drug-likeness (QED) is 0.353. The number of rotatable bonds is 9. The van der Waals surface area contributed by atoms with Gasteiger partial charge in [-0.3, -0.25) is 9.78 Å². The van der Waals surface area contributed by atoms with E-state index in [1.165, 1.54) is 17.3 Å². The molecule has 0 saturated heterocycles. The van der Waals surface area contributed by atoms with Gasteiger partial charge in [0.15, 0.2) is 0 Å². The van der Waals surface area contributed by atoms with Crippen LogP contribution in [0, 0.1) is 6.92 Å². The zero-order valence-corrected chi connectivity index (χ0v) is 21.6. The van der Waals surface area contributed by atoms with Crippen LogP contribution in [0.1, 0.15) is 32.7 Å². The van der Waals surface area contributed by atoms with Crippen molar-refractivity contribution in [3.05, 3.63) is 94.9 Å². The number of methoxy groups -OCH3 is 2. The van der Waals surface area contributed by atoms with Crippen molar-refractivity contribution < 1.29 is 19.0 Å². The summed E-state index contributed by atoms with van der Waals surface area (Å²) in [4.78, 5) is 28.8. The standard InChI is InChI=1S/C29H29N5O4/c1-19-7-9-25-20(14-19)11-13-34(25)29-32-17-24(27(35)31-16-22-6-4-5-12-30-22)28(33-29)38-18-21-15-23(36-2)8-10-26(21)37-3/h4-10,12,14-15,17H,11,13,16,18H2,1-3H3,(H,31,35). The summed E-state index contributed by atoms with van der Waals surface area (Å²) < 4.78 is 17.0. The SMILES string of the molecule is COc1ccc(OC)c(COc2nc(N3CCc4cc(C)ccc43)ncc2C(=O)NCc2ccccn2)c1. The molecule has 1 N–H and O–H groups in total. The van der Waals surface area contributed by atoms with Gasteiger partial charge >= 0.3 is 0 Å². The number of aryl methyl sites for hydroxylation is 1. The van der Waals surface area contributed by atoms with Crippen molar-refractivity contribution in [2.45, 2.75) is 26.5 Å². The van der Waals surface area contributed by atoms with E-state index < -0.39 is 0 Å². The molecular formula is C29H29N5O4. The third kappa shape index (κ3) is 5.36. The zero-order valence-electron chi connectivity index (χ0n) is 21.6. The summed E-state index contributed by atoms with van der Waals surface area (Å²) in [6, 6.07) is 17.3.